The molecule has 0 aliphatic carbocycles. The van der Waals surface area contributed by atoms with E-state index in [2.05, 4.69) is 164 Å². The van der Waals surface area contributed by atoms with Crippen molar-refractivity contribution in [3.63, 3.8) is 0 Å². The largest absolute Gasteiger partial charge is 0.247 e. The molecule has 210 valence electrons. The van der Waals surface area contributed by atoms with E-state index >= 15 is 0 Å². The van der Waals surface area contributed by atoms with Crippen molar-refractivity contribution in [2.24, 2.45) is 0 Å². The van der Waals surface area contributed by atoms with E-state index in [0.29, 0.717) is 0 Å². The molecule has 45 heavy (non-hydrogen) atoms. The standard InChI is InChI=1S/C43H27NS/c1-4-13-28(14-5-1)31-25-32(29-15-6-2-7-16-29)27-33(26-31)34-20-12-21-37-41-39(45-43(34)37)24-23-36-40(41)35-19-10-11-22-38(35)44-42(36)30-17-8-3-9-18-30/h1-27H. The molecule has 7 aromatic carbocycles. The second-order valence-corrected chi connectivity index (χ2v) is 12.6. The molecule has 2 heteroatoms. The van der Waals surface area contributed by atoms with Crippen LogP contribution in [0.4, 0.5) is 0 Å². The molecule has 0 bridgehead atoms. The first kappa shape index (κ1) is 25.9. The van der Waals surface area contributed by atoms with Crippen molar-refractivity contribution >= 4 is 53.2 Å². The fourth-order valence-electron chi connectivity index (χ4n) is 6.75. The van der Waals surface area contributed by atoms with Crippen LogP contribution in [0.15, 0.2) is 164 Å². The van der Waals surface area contributed by atoms with E-state index in [1.165, 1.54) is 69.7 Å². The fraction of sp³-hybridized carbons (Fsp3) is 0. The van der Waals surface area contributed by atoms with Crippen molar-refractivity contribution in [2.45, 2.75) is 0 Å². The van der Waals surface area contributed by atoms with E-state index in [4.69, 9.17) is 4.98 Å². The van der Waals surface area contributed by atoms with Crippen LogP contribution in [-0.4, -0.2) is 4.98 Å². The van der Waals surface area contributed by atoms with Gasteiger partial charge in [-0.1, -0.05) is 133 Å². The summed E-state index contributed by atoms with van der Waals surface area (Å²) in [5, 5.41) is 6.27. The van der Waals surface area contributed by atoms with Gasteiger partial charge in [0.2, 0.25) is 0 Å². The first-order valence-corrected chi connectivity index (χ1v) is 16.1. The van der Waals surface area contributed by atoms with Gasteiger partial charge in [-0.3, -0.25) is 0 Å². The van der Waals surface area contributed by atoms with Gasteiger partial charge in [0, 0.05) is 41.9 Å². The van der Waals surface area contributed by atoms with Crippen LogP contribution in [-0.2, 0) is 0 Å². The molecule has 0 N–H and O–H groups in total. The van der Waals surface area contributed by atoms with Gasteiger partial charge in [-0.2, -0.15) is 0 Å². The number of aromatic nitrogens is 1. The topological polar surface area (TPSA) is 12.9 Å². The molecule has 0 amide bonds. The van der Waals surface area contributed by atoms with Gasteiger partial charge in [0.25, 0.3) is 0 Å². The smallest absolute Gasteiger partial charge is 0.0788 e. The van der Waals surface area contributed by atoms with E-state index in [0.717, 1.165) is 16.8 Å². The Morgan fingerprint density at radius 1 is 0.378 bits per heavy atom. The van der Waals surface area contributed by atoms with Gasteiger partial charge < -0.3 is 0 Å². The Morgan fingerprint density at radius 3 is 1.64 bits per heavy atom. The average molecular weight is 590 g/mol. The maximum atomic E-state index is 5.19. The molecule has 0 atom stereocenters. The molecule has 0 saturated carbocycles. The van der Waals surface area contributed by atoms with Crippen LogP contribution >= 0.6 is 11.3 Å². The lowest BCUT2D eigenvalue weighted by Gasteiger charge is -2.12. The van der Waals surface area contributed by atoms with Gasteiger partial charge >= 0.3 is 0 Å². The number of pyridine rings is 1. The van der Waals surface area contributed by atoms with Crippen LogP contribution in [0.3, 0.4) is 0 Å². The average Bonchev–Trinajstić information content (AvgIpc) is 3.51. The second-order valence-electron chi connectivity index (χ2n) is 11.5. The first-order valence-electron chi connectivity index (χ1n) is 15.3. The number of thiophene rings is 1. The van der Waals surface area contributed by atoms with Gasteiger partial charge in [0.15, 0.2) is 0 Å². The van der Waals surface area contributed by atoms with Gasteiger partial charge in [0.1, 0.15) is 0 Å². The summed E-state index contributed by atoms with van der Waals surface area (Å²) in [5.41, 5.74) is 10.6. The molecule has 9 aromatic rings. The maximum absolute atomic E-state index is 5.19. The minimum Gasteiger partial charge on any atom is -0.247 e. The van der Waals surface area contributed by atoms with Crippen LogP contribution in [0.25, 0.3) is 86.5 Å². The predicted octanol–water partition coefficient (Wildman–Crippen LogP) is 12.4. The Bertz CT molecular complexity index is 2460. The van der Waals surface area contributed by atoms with Crippen molar-refractivity contribution < 1.29 is 0 Å². The number of nitrogens with zero attached hydrogens (tertiary/aromatic N) is 1. The van der Waals surface area contributed by atoms with E-state index in [-0.39, 0.29) is 0 Å². The molecule has 0 fully saturated rings. The van der Waals surface area contributed by atoms with E-state index in [1.807, 2.05) is 11.3 Å². The molecule has 2 heterocycles. The summed E-state index contributed by atoms with van der Waals surface area (Å²) in [6, 6.07) is 59.0. The number of hydrogen-bond acceptors (Lipinski definition) is 2. The Morgan fingerprint density at radius 2 is 0.956 bits per heavy atom. The maximum Gasteiger partial charge on any atom is 0.0788 e. The van der Waals surface area contributed by atoms with Crippen molar-refractivity contribution in [1.29, 1.82) is 0 Å². The summed E-state index contributed by atoms with van der Waals surface area (Å²) >= 11 is 1.89. The van der Waals surface area contributed by atoms with Crippen LogP contribution in [0.2, 0.25) is 0 Å². The minimum atomic E-state index is 1.02. The van der Waals surface area contributed by atoms with Crippen molar-refractivity contribution in [3.05, 3.63) is 164 Å². The number of benzene rings is 7. The number of hydrogen-bond donors (Lipinski definition) is 0. The van der Waals surface area contributed by atoms with Crippen LogP contribution in [0.5, 0.6) is 0 Å². The Labute approximate surface area is 265 Å². The minimum absolute atomic E-state index is 1.02. The second kappa shape index (κ2) is 10.6. The van der Waals surface area contributed by atoms with Gasteiger partial charge in [-0.15, -0.1) is 11.3 Å². The number of fused-ring (bicyclic) bond motifs is 7. The molecule has 2 aromatic heterocycles. The highest BCUT2D eigenvalue weighted by molar-refractivity contribution is 7.26. The van der Waals surface area contributed by atoms with E-state index in [9.17, 15) is 0 Å². The Balaban J connectivity index is 1.35. The van der Waals surface area contributed by atoms with Crippen molar-refractivity contribution in [2.75, 3.05) is 0 Å². The Hall–Kier alpha value is -5.57. The lowest BCUT2D eigenvalue weighted by Crippen LogP contribution is -1.90. The highest BCUT2D eigenvalue weighted by Gasteiger charge is 2.18. The summed E-state index contributed by atoms with van der Waals surface area (Å²) < 4.78 is 2.61. The van der Waals surface area contributed by atoms with Gasteiger partial charge in [-0.05, 0) is 63.7 Å². The third-order valence-electron chi connectivity index (χ3n) is 8.83. The number of para-hydroxylation sites is 1. The van der Waals surface area contributed by atoms with Gasteiger partial charge in [0.05, 0.1) is 11.2 Å². The summed E-state index contributed by atoms with van der Waals surface area (Å²) in [7, 11) is 0. The SMILES string of the molecule is c1ccc(-c2cc(-c3ccccc3)cc(-c3cccc4c3sc3ccc5c(-c6ccccc6)nc6ccccc6c5c34)c2)cc1. The van der Waals surface area contributed by atoms with Crippen LogP contribution < -0.4 is 0 Å². The third-order valence-corrected chi connectivity index (χ3v) is 10.0. The molecule has 1 nitrogen and oxygen atoms in total. The number of rotatable bonds is 4. The Kier molecular flexibility index (Phi) is 6.07. The monoisotopic (exact) mass is 589 g/mol. The van der Waals surface area contributed by atoms with E-state index in [1.54, 1.807) is 0 Å². The molecule has 0 saturated heterocycles. The molecule has 0 radical (unpaired) electrons. The van der Waals surface area contributed by atoms with Crippen LogP contribution in [0, 0.1) is 0 Å². The van der Waals surface area contributed by atoms with Crippen molar-refractivity contribution in [1.82, 2.24) is 4.98 Å². The highest BCUT2D eigenvalue weighted by Crippen LogP contribution is 2.46. The predicted molar refractivity (Wildman–Crippen MR) is 194 cm³/mol. The zero-order valence-corrected chi connectivity index (χ0v) is 25.3. The van der Waals surface area contributed by atoms with Crippen LogP contribution in [0.1, 0.15) is 0 Å². The van der Waals surface area contributed by atoms with Crippen molar-refractivity contribution in [3.8, 4) is 44.6 Å². The third kappa shape index (κ3) is 4.34. The van der Waals surface area contributed by atoms with Gasteiger partial charge in [-0.25, -0.2) is 4.98 Å². The summed E-state index contributed by atoms with van der Waals surface area (Å²) in [6.45, 7) is 0. The normalized spacial score (nSPS) is 11.6. The first-order chi connectivity index (χ1) is 22.3. The lowest BCUT2D eigenvalue weighted by atomic mass is 9.92. The van der Waals surface area contributed by atoms with E-state index < -0.39 is 0 Å². The molecule has 0 unspecified atom stereocenters. The zero-order valence-electron chi connectivity index (χ0n) is 24.4. The lowest BCUT2D eigenvalue weighted by molar-refractivity contribution is 1.43. The summed E-state index contributed by atoms with van der Waals surface area (Å²) in [6.07, 6.45) is 0. The fourth-order valence-corrected chi connectivity index (χ4v) is 8.00. The molecule has 0 aliphatic rings. The molecule has 0 spiro atoms. The zero-order chi connectivity index (χ0) is 29.7. The quantitative estimate of drug-likeness (QED) is 0.186. The summed E-state index contributed by atoms with van der Waals surface area (Å²) in [4.78, 5) is 5.19. The molecule has 9 rings (SSSR count). The highest BCUT2D eigenvalue weighted by atomic mass is 32.1. The summed E-state index contributed by atoms with van der Waals surface area (Å²) in [5.74, 6) is 0. The molecular formula is C43H27NS. The molecule has 0 aliphatic heterocycles. The molecular weight excluding hydrogens is 563 g/mol.